The number of hydrogen-bond donors (Lipinski definition) is 3. The van der Waals surface area contributed by atoms with E-state index >= 15 is 0 Å². The Morgan fingerprint density at radius 1 is 1.11 bits per heavy atom. The van der Waals surface area contributed by atoms with Gasteiger partial charge in [0.15, 0.2) is 0 Å². The van der Waals surface area contributed by atoms with Crippen molar-refractivity contribution in [1.82, 2.24) is 10.6 Å². The molecule has 0 unspecified atom stereocenters. The van der Waals surface area contributed by atoms with Crippen LogP contribution in [-0.4, -0.2) is 28.6 Å². The molecule has 0 aliphatic heterocycles. The summed E-state index contributed by atoms with van der Waals surface area (Å²) in [6.07, 6.45) is 5.44. The van der Waals surface area contributed by atoms with E-state index in [9.17, 15) is 14.4 Å². The summed E-state index contributed by atoms with van der Waals surface area (Å²) in [6.45, 7) is 1.99. The number of carbonyl (C=O) groups excluding carboxylic acids is 2. The first kappa shape index (κ1) is 15.5. The van der Waals surface area contributed by atoms with Crippen LogP contribution >= 0.6 is 0 Å². The zero-order valence-electron chi connectivity index (χ0n) is 11.3. The fourth-order valence-corrected chi connectivity index (χ4v) is 2.35. The Balaban J connectivity index is 2.26. The van der Waals surface area contributed by atoms with E-state index < -0.39 is 17.9 Å². The molecule has 1 saturated carbocycles. The number of carboxylic acid groups (broad SMARTS) is 1. The topological polar surface area (TPSA) is 95.5 Å². The third-order valence-electron chi connectivity index (χ3n) is 3.42. The Kier molecular flexibility index (Phi) is 5.79. The summed E-state index contributed by atoms with van der Waals surface area (Å²) in [6, 6.07) is -0.482. The second kappa shape index (κ2) is 7.11. The van der Waals surface area contributed by atoms with Gasteiger partial charge < -0.3 is 10.4 Å². The molecule has 6 nitrogen and oxygen atoms in total. The van der Waals surface area contributed by atoms with E-state index in [4.69, 9.17) is 5.11 Å². The lowest BCUT2D eigenvalue weighted by Crippen LogP contribution is -2.52. The summed E-state index contributed by atoms with van der Waals surface area (Å²) in [5, 5.41) is 13.5. The minimum atomic E-state index is -0.938. The fraction of sp³-hybridized carbons (Fsp3) is 0.769. The van der Waals surface area contributed by atoms with Crippen molar-refractivity contribution in [1.29, 1.82) is 0 Å². The number of urea groups is 1. The molecule has 0 radical (unpaired) electrons. The smallest absolute Gasteiger partial charge is 0.321 e. The minimum Gasteiger partial charge on any atom is -0.481 e. The number of amides is 3. The highest BCUT2D eigenvalue weighted by Gasteiger charge is 2.28. The largest absolute Gasteiger partial charge is 0.481 e. The van der Waals surface area contributed by atoms with Gasteiger partial charge >= 0.3 is 12.0 Å². The van der Waals surface area contributed by atoms with Crippen LogP contribution in [0.25, 0.3) is 0 Å². The number of carbonyl (C=O) groups is 3. The van der Waals surface area contributed by atoms with Gasteiger partial charge in [0.2, 0.25) is 5.91 Å². The van der Waals surface area contributed by atoms with Gasteiger partial charge in [-0.1, -0.05) is 19.3 Å². The fourth-order valence-electron chi connectivity index (χ4n) is 2.35. The van der Waals surface area contributed by atoms with Gasteiger partial charge in [-0.15, -0.1) is 0 Å². The first-order valence-electron chi connectivity index (χ1n) is 6.75. The molecule has 0 aromatic heterocycles. The van der Waals surface area contributed by atoms with Crippen molar-refractivity contribution in [2.75, 3.05) is 0 Å². The van der Waals surface area contributed by atoms with Crippen LogP contribution in [0.5, 0.6) is 0 Å². The second-order valence-electron chi connectivity index (χ2n) is 5.37. The van der Waals surface area contributed by atoms with Crippen LogP contribution in [0.4, 0.5) is 4.79 Å². The van der Waals surface area contributed by atoms with E-state index in [2.05, 4.69) is 10.6 Å². The highest BCUT2D eigenvalue weighted by Crippen LogP contribution is 2.27. The van der Waals surface area contributed by atoms with Crippen molar-refractivity contribution < 1.29 is 19.5 Å². The molecule has 1 fully saturated rings. The predicted octanol–water partition coefficient (Wildman–Crippen LogP) is 1.79. The van der Waals surface area contributed by atoms with Crippen LogP contribution in [0.3, 0.4) is 0 Å². The van der Waals surface area contributed by atoms with E-state index in [-0.39, 0.29) is 24.8 Å². The van der Waals surface area contributed by atoms with Gasteiger partial charge in [0.25, 0.3) is 0 Å². The van der Waals surface area contributed by atoms with Crippen molar-refractivity contribution in [2.24, 2.45) is 0 Å². The molecule has 1 rings (SSSR count). The van der Waals surface area contributed by atoms with Crippen LogP contribution in [0.2, 0.25) is 0 Å². The van der Waals surface area contributed by atoms with Crippen molar-refractivity contribution >= 4 is 17.9 Å². The van der Waals surface area contributed by atoms with Crippen LogP contribution in [-0.2, 0) is 9.59 Å². The van der Waals surface area contributed by atoms with Gasteiger partial charge in [0, 0.05) is 18.4 Å². The lowest BCUT2D eigenvalue weighted by molar-refractivity contribution is -0.137. The van der Waals surface area contributed by atoms with E-state index in [1.54, 1.807) is 0 Å². The molecule has 108 valence electrons. The zero-order valence-corrected chi connectivity index (χ0v) is 11.3. The maximum atomic E-state index is 11.7. The number of rotatable bonds is 5. The Bertz CT molecular complexity index is 349. The average Bonchev–Trinajstić information content (AvgIpc) is 2.28. The Hall–Kier alpha value is -1.59. The highest BCUT2D eigenvalue weighted by molar-refractivity contribution is 5.94. The molecule has 0 heterocycles. The normalized spacial score (nSPS) is 17.5. The Morgan fingerprint density at radius 3 is 2.32 bits per heavy atom. The van der Waals surface area contributed by atoms with Crippen molar-refractivity contribution in [3.05, 3.63) is 0 Å². The molecule has 0 saturated heterocycles. The number of hydrogen-bond acceptors (Lipinski definition) is 3. The summed E-state index contributed by atoms with van der Waals surface area (Å²) < 4.78 is 0. The molecule has 3 amide bonds. The van der Waals surface area contributed by atoms with E-state index in [1.165, 1.54) is 6.42 Å². The van der Waals surface area contributed by atoms with Crippen molar-refractivity contribution in [3.8, 4) is 0 Å². The first-order chi connectivity index (χ1) is 8.91. The zero-order chi connectivity index (χ0) is 14.3. The van der Waals surface area contributed by atoms with E-state index in [1.807, 2.05) is 6.92 Å². The first-order valence-corrected chi connectivity index (χ1v) is 6.75. The molecule has 1 aliphatic rings. The molecule has 0 atom stereocenters. The molecule has 3 N–H and O–H groups in total. The summed E-state index contributed by atoms with van der Waals surface area (Å²) >= 11 is 0. The third-order valence-corrected chi connectivity index (χ3v) is 3.42. The maximum absolute atomic E-state index is 11.7. The lowest BCUT2D eigenvalue weighted by Gasteiger charge is -2.34. The molecular formula is C13H22N2O4. The van der Waals surface area contributed by atoms with Crippen molar-refractivity contribution in [2.45, 2.75) is 63.8 Å². The molecule has 0 bridgehead atoms. The summed E-state index contributed by atoms with van der Waals surface area (Å²) in [7, 11) is 0. The van der Waals surface area contributed by atoms with Gasteiger partial charge in [-0.05, 0) is 26.2 Å². The maximum Gasteiger partial charge on any atom is 0.321 e. The summed E-state index contributed by atoms with van der Waals surface area (Å²) in [5.74, 6) is -1.37. The Labute approximate surface area is 112 Å². The van der Waals surface area contributed by atoms with Crippen molar-refractivity contribution in [3.63, 3.8) is 0 Å². The van der Waals surface area contributed by atoms with Gasteiger partial charge in [-0.25, -0.2) is 4.79 Å². The standard InChI is InChI=1S/C13H22N2O4/c1-13(8-3-2-4-9-13)15-12(19)14-10(16)6-5-7-11(17)18/h2-9H2,1H3,(H,17,18)(H2,14,15,16,19). The molecule has 1 aliphatic carbocycles. The number of aliphatic carboxylic acids is 1. The Morgan fingerprint density at radius 2 is 1.74 bits per heavy atom. The third kappa shape index (κ3) is 6.22. The summed E-state index contributed by atoms with van der Waals surface area (Å²) in [4.78, 5) is 33.4. The summed E-state index contributed by atoms with van der Waals surface area (Å²) in [5.41, 5.74) is -0.232. The van der Waals surface area contributed by atoms with Crippen LogP contribution < -0.4 is 10.6 Å². The minimum absolute atomic E-state index is 0.0520. The van der Waals surface area contributed by atoms with Crippen LogP contribution in [0.15, 0.2) is 0 Å². The molecule has 6 heteroatoms. The van der Waals surface area contributed by atoms with E-state index in [0.717, 1.165) is 25.7 Å². The average molecular weight is 270 g/mol. The molecule has 19 heavy (non-hydrogen) atoms. The second-order valence-corrected chi connectivity index (χ2v) is 5.37. The predicted molar refractivity (Wildman–Crippen MR) is 69.7 cm³/mol. The van der Waals surface area contributed by atoms with E-state index in [0.29, 0.717) is 0 Å². The van der Waals surface area contributed by atoms with Gasteiger partial charge in [-0.2, -0.15) is 0 Å². The molecule has 0 spiro atoms. The van der Waals surface area contributed by atoms with Crippen LogP contribution in [0.1, 0.15) is 58.3 Å². The monoisotopic (exact) mass is 270 g/mol. The SMILES string of the molecule is CC1(NC(=O)NC(=O)CCCC(=O)O)CCCCC1. The number of nitrogens with one attached hydrogen (secondary N) is 2. The highest BCUT2D eigenvalue weighted by atomic mass is 16.4. The molecular weight excluding hydrogens is 248 g/mol. The quantitative estimate of drug-likeness (QED) is 0.709. The van der Waals surface area contributed by atoms with Gasteiger partial charge in [0.1, 0.15) is 0 Å². The molecule has 0 aromatic carbocycles. The lowest BCUT2D eigenvalue weighted by atomic mass is 9.83. The number of carboxylic acids is 1. The van der Waals surface area contributed by atoms with Crippen LogP contribution in [0, 0.1) is 0 Å². The van der Waals surface area contributed by atoms with Gasteiger partial charge in [-0.3, -0.25) is 14.9 Å². The number of imide groups is 1. The molecule has 0 aromatic rings. The van der Waals surface area contributed by atoms with Gasteiger partial charge in [0.05, 0.1) is 0 Å².